The van der Waals surface area contributed by atoms with E-state index in [-0.39, 0.29) is 6.07 Å². The van der Waals surface area contributed by atoms with Gasteiger partial charge >= 0.3 is 6.18 Å². The molecule has 0 unspecified atom stereocenters. The Labute approximate surface area is 85.4 Å². The van der Waals surface area contributed by atoms with E-state index < -0.39 is 33.2 Å². The van der Waals surface area contributed by atoms with Crippen LogP contribution in [0.15, 0.2) is 12.1 Å². The van der Waals surface area contributed by atoms with Gasteiger partial charge in [0.1, 0.15) is 11.4 Å². The Balaban J connectivity index is 3.49. The average Bonchev–Trinajstić information content (AvgIpc) is 2.06. The van der Waals surface area contributed by atoms with E-state index in [0.717, 1.165) is 0 Å². The molecule has 0 bridgehead atoms. The van der Waals surface area contributed by atoms with E-state index in [1.165, 1.54) is 0 Å². The summed E-state index contributed by atoms with van der Waals surface area (Å²) in [7, 11) is 0. The molecule has 1 rings (SSSR count). The van der Waals surface area contributed by atoms with E-state index in [9.17, 15) is 27.7 Å². The van der Waals surface area contributed by atoms with Crippen LogP contribution in [0.25, 0.3) is 0 Å². The Kier molecular flexibility index (Phi) is 2.85. The first-order valence-electron chi connectivity index (χ1n) is 3.44. The second kappa shape index (κ2) is 3.65. The van der Waals surface area contributed by atoms with Gasteiger partial charge in [-0.2, -0.15) is 13.2 Å². The third-order valence-electron chi connectivity index (χ3n) is 1.54. The van der Waals surface area contributed by atoms with Gasteiger partial charge in [-0.15, -0.1) is 0 Å². The van der Waals surface area contributed by atoms with E-state index >= 15 is 0 Å². The Bertz CT molecular complexity index is 418. The zero-order chi connectivity index (χ0) is 11.8. The van der Waals surface area contributed by atoms with Crippen molar-refractivity contribution in [1.82, 2.24) is 0 Å². The molecule has 0 amide bonds. The summed E-state index contributed by atoms with van der Waals surface area (Å²) in [6.07, 6.45) is -4.99. The van der Waals surface area contributed by atoms with E-state index in [1.54, 1.807) is 0 Å². The lowest BCUT2D eigenvalue weighted by Crippen LogP contribution is -2.09. The molecule has 8 heteroatoms. The molecule has 0 radical (unpaired) electrons. The maximum absolute atomic E-state index is 12.7. The van der Waals surface area contributed by atoms with Crippen molar-refractivity contribution in [1.29, 1.82) is 0 Å². The van der Waals surface area contributed by atoms with Crippen molar-refractivity contribution in [3.8, 4) is 0 Å². The molecule has 0 N–H and O–H groups in total. The molecule has 0 saturated carbocycles. The number of hydrogen-bond donors (Lipinski definition) is 0. The van der Waals surface area contributed by atoms with Crippen molar-refractivity contribution in [2.75, 3.05) is 0 Å². The fourth-order valence-corrected chi connectivity index (χ4v) is 1.07. The first-order valence-corrected chi connectivity index (χ1v) is 3.82. The summed E-state index contributed by atoms with van der Waals surface area (Å²) >= 11 is 5.13. The van der Waals surface area contributed by atoms with Gasteiger partial charge in [0.25, 0.3) is 5.69 Å². The lowest BCUT2D eigenvalue weighted by molar-refractivity contribution is -0.388. The summed E-state index contributed by atoms with van der Waals surface area (Å²) in [5.41, 5.74) is -2.93. The van der Waals surface area contributed by atoms with Crippen molar-refractivity contribution >= 4 is 17.3 Å². The Morgan fingerprint density at radius 2 is 1.87 bits per heavy atom. The quantitative estimate of drug-likeness (QED) is 0.431. The van der Waals surface area contributed by atoms with Crippen LogP contribution in [-0.2, 0) is 6.18 Å². The van der Waals surface area contributed by atoms with Gasteiger partial charge in [-0.3, -0.25) is 10.1 Å². The van der Waals surface area contributed by atoms with Crippen LogP contribution in [0, 0.1) is 15.9 Å². The predicted molar refractivity (Wildman–Crippen MR) is 43.1 cm³/mol. The van der Waals surface area contributed by atoms with Gasteiger partial charge in [0, 0.05) is 6.07 Å². The SMILES string of the molecule is O=[N+]([O-])c1cc(Cl)c(F)cc1C(F)(F)F. The predicted octanol–water partition coefficient (Wildman–Crippen LogP) is 3.41. The van der Waals surface area contributed by atoms with E-state index in [4.69, 9.17) is 11.6 Å². The minimum atomic E-state index is -4.99. The van der Waals surface area contributed by atoms with Crippen LogP contribution in [0.2, 0.25) is 5.02 Å². The fourth-order valence-electron chi connectivity index (χ4n) is 0.914. The second-order valence-corrected chi connectivity index (χ2v) is 2.95. The Morgan fingerprint density at radius 1 is 1.33 bits per heavy atom. The standard InChI is InChI=1S/C7H2ClF4NO2/c8-4-2-6(13(14)15)3(1-5(4)9)7(10,11)12/h1-2H. The molecule has 82 valence electrons. The van der Waals surface area contributed by atoms with Crippen LogP contribution in [0.3, 0.4) is 0 Å². The molecule has 1 aromatic rings. The highest BCUT2D eigenvalue weighted by molar-refractivity contribution is 6.31. The number of halogens is 5. The zero-order valence-electron chi connectivity index (χ0n) is 6.81. The van der Waals surface area contributed by atoms with Gasteiger partial charge in [0.15, 0.2) is 0 Å². The molecule has 0 aliphatic carbocycles. The number of nitro groups is 1. The maximum Gasteiger partial charge on any atom is 0.423 e. The van der Waals surface area contributed by atoms with Crippen molar-refractivity contribution < 1.29 is 22.5 Å². The molecular weight excluding hydrogens is 242 g/mol. The minimum absolute atomic E-state index is 0.000463. The first kappa shape index (κ1) is 11.7. The van der Waals surface area contributed by atoms with Crippen molar-refractivity contribution in [3.63, 3.8) is 0 Å². The summed E-state index contributed by atoms with van der Waals surface area (Å²) < 4.78 is 49.3. The summed E-state index contributed by atoms with van der Waals surface area (Å²) in [4.78, 5) is 8.99. The van der Waals surface area contributed by atoms with Crippen LogP contribution >= 0.6 is 11.6 Å². The summed E-state index contributed by atoms with van der Waals surface area (Å²) in [6, 6.07) is 0.334. The van der Waals surface area contributed by atoms with Gasteiger partial charge in [0.05, 0.1) is 9.95 Å². The molecule has 0 saturated heterocycles. The van der Waals surface area contributed by atoms with Gasteiger partial charge in [-0.1, -0.05) is 11.6 Å². The lowest BCUT2D eigenvalue weighted by atomic mass is 10.1. The number of hydrogen-bond acceptors (Lipinski definition) is 2. The molecule has 0 aliphatic rings. The van der Waals surface area contributed by atoms with Crippen molar-refractivity contribution in [3.05, 3.63) is 38.7 Å². The monoisotopic (exact) mass is 243 g/mol. The molecule has 0 atom stereocenters. The molecule has 0 heterocycles. The molecule has 1 aromatic carbocycles. The average molecular weight is 244 g/mol. The van der Waals surface area contributed by atoms with Crippen LogP contribution in [0.4, 0.5) is 23.2 Å². The molecule has 3 nitrogen and oxygen atoms in total. The highest BCUT2D eigenvalue weighted by Crippen LogP contribution is 2.38. The smallest absolute Gasteiger partial charge is 0.258 e. The third-order valence-corrected chi connectivity index (χ3v) is 1.83. The molecule has 0 aliphatic heterocycles. The summed E-state index contributed by atoms with van der Waals surface area (Å²) in [5.74, 6) is -1.35. The molecule has 0 fully saturated rings. The highest BCUT2D eigenvalue weighted by atomic mass is 35.5. The Morgan fingerprint density at radius 3 is 2.27 bits per heavy atom. The van der Waals surface area contributed by atoms with Gasteiger partial charge < -0.3 is 0 Å². The lowest BCUT2D eigenvalue weighted by Gasteiger charge is -2.07. The summed E-state index contributed by atoms with van der Waals surface area (Å²) in [6.45, 7) is 0. The topological polar surface area (TPSA) is 43.1 Å². The van der Waals surface area contributed by atoms with Crippen LogP contribution in [0.1, 0.15) is 5.56 Å². The van der Waals surface area contributed by atoms with Gasteiger partial charge in [0.2, 0.25) is 0 Å². The number of rotatable bonds is 1. The van der Waals surface area contributed by atoms with Crippen LogP contribution < -0.4 is 0 Å². The third kappa shape index (κ3) is 2.35. The van der Waals surface area contributed by atoms with E-state index in [0.29, 0.717) is 6.07 Å². The first-order chi connectivity index (χ1) is 6.73. The number of nitro benzene ring substituents is 1. The fraction of sp³-hybridized carbons (Fsp3) is 0.143. The maximum atomic E-state index is 12.7. The number of benzene rings is 1. The second-order valence-electron chi connectivity index (χ2n) is 2.54. The number of nitrogens with zero attached hydrogens (tertiary/aromatic N) is 1. The molecular formula is C7H2ClF4NO2. The van der Waals surface area contributed by atoms with E-state index in [2.05, 4.69) is 0 Å². The number of alkyl halides is 3. The van der Waals surface area contributed by atoms with Crippen LogP contribution in [0.5, 0.6) is 0 Å². The van der Waals surface area contributed by atoms with Crippen molar-refractivity contribution in [2.24, 2.45) is 0 Å². The highest BCUT2D eigenvalue weighted by Gasteiger charge is 2.39. The minimum Gasteiger partial charge on any atom is -0.258 e. The van der Waals surface area contributed by atoms with Gasteiger partial charge in [-0.05, 0) is 6.07 Å². The molecule has 0 spiro atoms. The normalized spacial score (nSPS) is 11.5. The zero-order valence-corrected chi connectivity index (χ0v) is 7.56. The van der Waals surface area contributed by atoms with Gasteiger partial charge in [-0.25, -0.2) is 4.39 Å². The van der Waals surface area contributed by atoms with Crippen molar-refractivity contribution in [2.45, 2.75) is 6.18 Å². The van der Waals surface area contributed by atoms with E-state index in [1.807, 2.05) is 0 Å². The largest absolute Gasteiger partial charge is 0.423 e. The van der Waals surface area contributed by atoms with Crippen LogP contribution in [-0.4, -0.2) is 4.92 Å². The summed E-state index contributed by atoms with van der Waals surface area (Å²) in [5, 5.41) is 9.53. The molecule has 0 aromatic heterocycles. The molecule has 15 heavy (non-hydrogen) atoms. The Hall–Kier alpha value is -1.37.